The molecule has 3 aliphatic rings. The van der Waals surface area contributed by atoms with Crippen molar-refractivity contribution in [3.05, 3.63) is 36.4 Å². The van der Waals surface area contributed by atoms with Gasteiger partial charge >= 0.3 is 0 Å². The third-order valence-electron chi connectivity index (χ3n) is 5.97. The second kappa shape index (κ2) is 5.16. The van der Waals surface area contributed by atoms with E-state index >= 15 is 0 Å². The largest absolute Gasteiger partial charge is 0.387 e. The van der Waals surface area contributed by atoms with E-state index in [-0.39, 0.29) is 16.2 Å². The van der Waals surface area contributed by atoms with Crippen LogP contribution in [0.25, 0.3) is 6.08 Å². The number of benzene rings is 1. The molecule has 1 N–H and O–H groups in total. The van der Waals surface area contributed by atoms with Crippen molar-refractivity contribution in [2.45, 2.75) is 50.2 Å². The molecule has 3 aliphatic carbocycles. The Morgan fingerprint density at radius 2 is 1.83 bits per heavy atom. The van der Waals surface area contributed by atoms with Crippen LogP contribution in [0.3, 0.4) is 0 Å². The summed E-state index contributed by atoms with van der Waals surface area (Å²) in [5, 5.41) is 10.9. The highest BCUT2D eigenvalue weighted by molar-refractivity contribution is 7.86. The van der Waals surface area contributed by atoms with E-state index in [0.717, 1.165) is 12.0 Å². The summed E-state index contributed by atoms with van der Waals surface area (Å²) in [7, 11) is -3.89. The lowest BCUT2D eigenvalue weighted by Gasteiger charge is -2.64. The molecule has 0 radical (unpaired) electrons. The van der Waals surface area contributed by atoms with Gasteiger partial charge in [-0.25, -0.2) is 0 Å². The second-order valence-electron chi connectivity index (χ2n) is 7.58. The van der Waals surface area contributed by atoms with E-state index in [4.69, 9.17) is 4.18 Å². The van der Waals surface area contributed by atoms with Gasteiger partial charge in [-0.3, -0.25) is 4.18 Å². The topological polar surface area (TPSA) is 63.6 Å². The van der Waals surface area contributed by atoms with Gasteiger partial charge in [0.1, 0.15) is 6.10 Å². The maximum Gasteiger partial charge on any atom is 0.297 e. The normalized spacial score (nSPS) is 35.4. The summed E-state index contributed by atoms with van der Waals surface area (Å²) >= 11 is 0. The number of rotatable bonds is 4. The first-order valence-corrected chi connectivity index (χ1v) is 9.38. The molecule has 4 unspecified atom stereocenters. The van der Waals surface area contributed by atoms with Gasteiger partial charge in [-0.2, -0.15) is 8.42 Å². The summed E-state index contributed by atoms with van der Waals surface area (Å²) < 4.78 is 30.5. The van der Waals surface area contributed by atoms with E-state index in [0.29, 0.717) is 12.3 Å². The van der Waals surface area contributed by atoms with Gasteiger partial charge in [0.25, 0.3) is 10.1 Å². The third-order valence-corrected chi connectivity index (χ3v) is 7.31. The van der Waals surface area contributed by atoms with Crippen LogP contribution >= 0.6 is 0 Å². The van der Waals surface area contributed by atoms with Crippen LogP contribution in [0.15, 0.2) is 35.7 Å². The molecule has 4 atom stereocenters. The van der Waals surface area contributed by atoms with Crippen LogP contribution in [0.4, 0.5) is 0 Å². The Kier molecular flexibility index (Phi) is 3.74. The molecule has 4 nitrogen and oxygen atoms in total. The zero-order valence-corrected chi connectivity index (χ0v) is 14.6. The smallest absolute Gasteiger partial charge is 0.297 e. The predicted octanol–water partition coefficient (Wildman–Crippen LogP) is 3.22. The Morgan fingerprint density at radius 3 is 2.30 bits per heavy atom. The quantitative estimate of drug-likeness (QED) is 0.858. The minimum Gasteiger partial charge on any atom is -0.387 e. The lowest BCUT2D eigenvalue weighted by atomic mass is 9.43. The van der Waals surface area contributed by atoms with Gasteiger partial charge in [0.05, 0.1) is 10.5 Å². The summed E-state index contributed by atoms with van der Waals surface area (Å²) in [6.07, 6.45) is 2.47. The predicted molar refractivity (Wildman–Crippen MR) is 89.2 cm³/mol. The highest BCUT2D eigenvalue weighted by Gasteiger charge is 2.64. The lowest BCUT2D eigenvalue weighted by Crippen LogP contribution is -2.67. The Morgan fingerprint density at radius 1 is 1.22 bits per heavy atom. The average molecular weight is 336 g/mol. The third kappa shape index (κ3) is 2.55. The van der Waals surface area contributed by atoms with Crippen molar-refractivity contribution in [3.63, 3.8) is 0 Å². The summed E-state index contributed by atoms with van der Waals surface area (Å²) in [5.74, 6) is 0.466. The zero-order chi connectivity index (χ0) is 17.0. The first-order chi connectivity index (χ1) is 10.6. The summed E-state index contributed by atoms with van der Waals surface area (Å²) in [6, 6.07) is 6.38. The van der Waals surface area contributed by atoms with Crippen molar-refractivity contribution in [1.29, 1.82) is 0 Å². The van der Waals surface area contributed by atoms with Crippen LogP contribution in [-0.2, 0) is 14.3 Å². The summed E-state index contributed by atoms with van der Waals surface area (Å²) in [5.41, 5.74) is -0.248. The van der Waals surface area contributed by atoms with E-state index < -0.39 is 21.8 Å². The highest BCUT2D eigenvalue weighted by Crippen LogP contribution is 2.63. The Labute approximate surface area is 138 Å². The SMILES string of the molecule is C=Cc1ccc(S(=O)(=O)OC2CC3CC(C3(C)C)C2(C)O)cc1. The molecule has 0 spiro atoms. The first-order valence-electron chi connectivity index (χ1n) is 7.97. The lowest BCUT2D eigenvalue weighted by molar-refractivity contribution is -0.237. The van der Waals surface area contributed by atoms with E-state index in [1.54, 1.807) is 25.1 Å². The van der Waals surface area contributed by atoms with Gasteiger partial charge in [0.15, 0.2) is 0 Å². The van der Waals surface area contributed by atoms with Crippen molar-refractivity contribution in [2.75, 3.05) is 0 Å². The zero-order valence-electron chi connectivity index (χ0n) is 13.8. The van der Waals surface area contributed by atoms with Gasteiger partial charge in [-0.05, 0) is 54.7 Å². The second-order valence-corrected chi connectivity index (χ2v) is 9.15. The minimum atomic E-state index is -3.89. The summed E-state index contributed by atoms with van der Waals surface area (Å²) in [4.78, 5) is 0.109. The monoisotopic (exact) mass is 336 g/mol. The van der Waals surface area contributed by atoms with Gasteiger partial charge in [0.2, 0.25) is 0 Å². The van der Waals surface area contributed by atoms with E-state index in [1.807, 2.05) is 0 Å². The van der Waals surface area contributed by atoms with Crippen molar-refractivity contribution in [1.82, 2.24) is 0 Å². The van der Waals surface area contributed by atoms with Crippen LogP contribution in [-0.4, -0.2) is 25.2 Å². The highest BCUT2D eigenvalue weighted by atomic mass is 32.2. The minimum absolute atomic E-state index is 0.0404. The van der Waals surface area contributed by atoms with Gasteiger partial charge in [-0.1, -0.05) is 38.6 Å². The van der Waals surface area contributed by atoms with Crippen LogP contribution < -0.4 is 0 Å². The molecule has 3 fully saturated rings. The Hall–Kier alpha value is -1.17. The maximum atomic E-state index is 12.5. The van der Waals surface area contributed by atoms with Crippen molar-refractivity contribution < 1.29 is 17.7 Å². The van der Waals surface area contributed by atoms with Crippen molar-refractivity contribution in [3.8, 4) is 0 Å². The maximum absolute atomic E-state index is 12.5. The first kappa shape index (κ1) is 16.7. The number of fused-ring (bicyclic) bond motifs is 2. The fourth-order valence-corrected chi connectivity index (χ4v) is 5.40. The average Bonchev–Trinajstić information content (AvgIpc) is 2.48. The van der Waals surface area contributed by atoms with Crippen LogP contribution in [0.5, 0.6) is 0 Å². The molecule has 126 valence electrons. The van der Waals surface area contributed by atoms with Crippen LogP contribution in [0.2, 0.25) is 0 Å². The number of hydrogen-bond acceptors (Lipinski definition) is 4. The Balaban J connectivity index is 1.82. The van der Waals surface area contributed by atoms with E-state index in [9.17, 15) is 13.5 Å². The van der Waals surface area contributed by atoms with E-state index in [1.165, 1.54) is 12.1 Å². The number of hydrogen-bond donors (Lipinski definition) is 1. The molecule has 0 heterocycles. The van der Waals surface area contributed by atoms with Gasteiger partial charge in [0, 0.05) is 0 Å². The number of aliphatic hydroxyl groups is 1. The molecule has 1 aromatic carbocycles. The molecule has 2 bridgehead atoms. The van der Waals surface area contributed by atoms with Crippen molar-refractivity contribution in [2.24, 2.45) is 17.3 Å². The molecular weight excluding hydrogens is 312 g/mol. The standard InChI is InChI=1S/C18H24O4S/c1-5-12-6-8-14(9-7-12)23(20,21)22-16-11-13-10-15(17(13,2)3)18(16,4)19/h5-9,13,15-16,19H,1,10-11H2,2-4H3. The Bertz CT molecular complexity index is 716. The molecule has 1 aromatic rings. The van der Waals surface area contributed by atoms with Gasteiger partial charge < -0.3 is 5.11 Å². The molecule has 0 aliphatic heterocycles. The molecular formula is C18H24O4S. The molecule has 3 saturated carbocycles. The fourth-order valence-electron chi connectivity index (χ4n) is 4.24. The fraction of sp³-hybridized carbons (Fsp3) is 0.556. The van der Waals surface area contributed by atoms with Crippen molar-refractivity contribution >= 4 is 16.2 Å². The van der Waals surface area contributed by atoms with Crippen LogP contribution in [0.1, 0.15) is 39.2 Å². The molecule has 23 heavy (non-hydrogen) atoms. The van der Waals surface area contributed by atoms with Gasteiger partial charge in [-0.15, -0.1) is 0 Å². The molecule has 0 amide bonds. The van der Waals surface area contributed by atoms with E-state index in [2.05, 4.69) is 20.4 Å². The summed E-state index contributed by atoms with van der Waals surface area (Å²) in [6.45, 7) is 9.63. The molecule has 0 aromatic heterocycles. The molecule has 0 saturated heterocycles. The molecule has 5 heteroatoms. The van der Waals surface area contributed by atoms with Crippen LogP contribution in [0, 0.1) is 17.3 Å². The molecule has 4 rings (SSSR count).